The second-order valence-electron chi connectivity index (χ2n) is 6.53. The summed E-state index contributed by atoms with van der Waals surface area (Å²) in [5.41, 5.74) is -1.29. The van der Waals surface area contributed by atoms with Gasteiger partial charge in [-0.2, -0.15) is 0 Å². The molecule has 0 bridgehead atoms. The molecule has 0 aromatic rings. The van der Waals surface area contributed by atoms with Gasteiger partial charge in [-0.05, 0) is 19.8 Å². The van der Waals surface area contributed by atoms with Gasteiger partial charge in [-0.15, -0.1) is 0 Å². The van der Waals surface area contributed by atoms with E-state index in [0.29, 0.717) is 13.0 Å². The van der Waals surface area contributed by atoms with Crippen LogP contribution in [0.5, 0.6) is 0 Å². The topological polar surface area (TPSA) is 54.0 Å². The minimum absolute atomic E-state index is 0.158. The molecule has 2 unspecified atom stereocenters. The van der Waals surface area contributed by atoms with Crippen LogP contribution in [-0.2, 0) is 23.7 Å². The summed E-state index contributed by atoms with van der Waals surface area (Å²) >= 11 is 3.39. The summed E-state index contributed by atoms with van der Waals surface area (Å²) in [7, 11) is 0. The van der Waals surface area contributed by atoms with Gasteiger partial charge < -0.3 is 18.9 Å². The Hall–Kier alpha value is -0.170. The SMILES string of the molecule is CCOC1OCOCC1(OC(=O)CCCCCBr)C(C)(C)C. The van der Waals surface area contributed by atoms with Crippen molar-refractivity contribution in [2.24, 2.45) is 5.41 Å². The highest BCUT2D eigenvalue weighted by atomic mass is 79.9. The van der Waals surface area contributed by atoms with Crippen molar-refractivity contribution in [2.45, 2.75) is 65.3 Å². The Morgan fingerprint density at radius 1 is 1.32 bits per heavy atom. The average Bonchev–Trinajstić information content (AvgIpc) is 2.45. The number of esters is 1. The van der Waals surface area contributed by atoms with Crippen molar-refractivity contribution in [2.75, 3.05) is 25.3 Å². The third-order valence-electron chi connectivity index (χ3n) is 3.90. The lowest BCUT2D eigenvalue weighted by Crippen LogP contribution is -2.63. The minimum atomic E-state index is -0.923. The molecule has 5 nitrogen and oxygen atoms in total. The lowest BCUT2D eigenvalue weighted by Gasteiger charge is -2.49. The molecule has 1 rings (SSSR count). The lowest BCUT2D eigenvalue weighted by atomic mass is 9.75. The Bertz CT molecular complexity index is 340. The fourth-order valence-corrected chi connectivity index (χ4v) is 2.83. The summed E-state index contributed by atoms with van der Waals surface area (Å²) in [6.07, 6.45) is 2.70. The van der Waals surface area contributed by atoms with E-state index in [4.69, 9.17) is 18.9 Å². The van der Waals surface area contributed by atoms with Crippen molar-refractivity contribution in [3.63, 3.8) is 0 Å². The molecule has 0 N–H and O–H groups in total. The largest absolute Gasteiger partial charge is 0.451 e. The van der Waals surface area contributed by atoms with Crippen LogP contribution < -0.4 is 0 Å². The molecule has 1 aliphatic heterocycles. The molecule has 1 aliphatic rings. The third-order valence-corrected chi connectivity index (χ3v) is 4.46. The van der Waals surface area contributed by atoms with Gasteiger partial charge in [0.05, 0.1) is 6.61 Å². The first-order valence-electron chi connectivity index (χ1n) is 7.96. The van der Waals surface area contributed by atoms with E-state index in [0.717, 1.165) is 24.6 Å². The quantitative estimate of drug-likeness (QED) is 0.365. The fraction of sp³-hybridized carbons (Fsp3) is 0.938. The van der Waals surface area contributed by atoms with Gasteiger partial charge in [0.1, 0.15) is 6.79 Å². The number of carbonyl (C=O) groups excluding carboxylic acids is 1. The van der Waals surface area contributed by atoms with Gasteiger partial charge in [-0.25, -0.2) is 0 Å². The second-order valence-corrected chi connectivity index (χ2v) is 7.33. The minimum Gasteiger partial charge on any atom is -0.451 e. The van der Waals surface area contributed by atoms with E-state index < -0.39 is 11.9 Å². The maximum absolute atomic E-state index is 12.3. The highest BCUT2D eigenvalue weighted by Gasteiger charge is 2.55. The van der Waals surface area contributed by atoms with Gasteiger partial charge in [-0.3, -0.25) is 4.79 Å². The molecule has 0 aromatic carbocycles. The number of rotatable bonds is 8. The van der Waals surface area contributed by atoms with Gasteiger partial charge in [0, 0.05) is 23.8 Å². The number of unbranched alkanes of at least 4 members (excludes halogenated alkanes) is 2. The predicted molar refractivity (Wildman–Crippen MR) is 87.9 cm³/mol. The highest BCUT2D eigenvalue weighted by molar-refractivity contribution is 9.09. The van der Waals surface area contributed by atoms with Crippen molar-refractivity contribution in [3.05, 3.63) is 0 Å². The van der Waals surface area contributed by atoms with Crippen molar-refractivity contribution in [3.8, 4) is 0 Å². The van der Waals surface area contributed by atoms with Gasteiger partial charge in [0.2, 0.25) is 6.29 Å². The van der Waals surface area contributed by atoms with E-state index in [2.05, 4.69) is 15.9 Å². The van der Waals surface area contributed by atoms with Gasteiger partial charge in [0.15, 0.2) is 5.60 Å². The first kappa shape index (κ1) is 19.9. The number of ether oxygens (including phenoxy) is 4. The van der Waals surface area contributed by atoms with Crippen LogP contribution in [0.1, 0.15) is 53.4 Å². The maximum atomic E-state index is 12.3. The number of hydrogen-bond acceptors (Lipinski definition) is 5. The molecule has 1 heterocycles. The third kappa shape index (κ3) is 5.18. The van der Waals surface area contributed by atoms with E-state index >= 15 is 0 Å². The summed E-state index contributed by atoms with van der Waals surface area (Å²) in [6.45, 7) is 8.86. The molecular formula is C16H29BrO5. The van der Waals surface area contributed by atoms with Crippen LogP contribution in [0.2, 0.25) is 0 Å². The van der Waals surface area contributed by atoms with E-state index in [9.17, 15) is 4.79 Å². The van der Waals surface area contributed by atoms with E-state index in [1.807, 2.05) is 27.7 Å². The Labute approximate surface area is 142 Å². The van der Waals surface area contributed by atoms with Crippen LogP contribution in [0, 0.1) is 5.41 Å². The van der Waals surface area contributed by atoms with Gasteiger partial charge >= 0.3 is 5.97 Å². The summed E-state index contributed by atoms with van der Waals surface area (Å²) in [5, 5.41) is 0.960. The predicted octanol–water partition coefficient (Wildman–Crippen LogP) is 3.64. The molecule has 6 heteroatoms. The number of hydrogen-bond donors (Lipinski definition) is 0. The number of carbonyl (C=O) groups is 1. The molecule has 1 saturated heterocycles. The molecular weight excluding hydrogens is 352 g/mol. The standard InChI is InChI=1S/C16H29BrO5/c1-5-20-14-16(15(2,3)4,11-19-12-21-14)22-13(18)9-7-6-8-10-17/h14H,5-12H2,1-4H3. The van der Waals surface area contributed by atoms with Crippen LogP contribution >= 0.6 is 15.9 Å². The van der Waals surface area contributed by atoms with E-state index in [1.54, 1.807) is 0 Å². The Morgan fingerprint density at radius 3 is 2.64 bits per heavy atom. The van der Waals surface area contributed by atoms with Crippen LogP contribution in [0.25, 0.3) is 0 Å². The Morgan fingerprint density at radius 2 is 2.05 bits per heavy atom. The molecule has 0 spiro atoms. The fourth-order valence-electron chi connectivity index (χ4n) is 2.44. The van der Waals surface area contributed by atoms with Crippen molar-refractivity contribution in [1.29, 1.82) is 0 Å². The van der Waals surface area contributed by atoms with Crippen LogP contribution in [-0.4, -0.2) is 43.2 Å². The molecule has 0 aromatic heterocycles. The first-order valence-corrected chi connectivity index (χ1v) is 9.08. The summed E-state index contributed by atoms with van der Waals surface area (Å²) < 4.78 is 22.6. The van der Waals surface area contributed by atoms with Crippen LogP contribution in [0.4, 0.5) is 0 Å². The Kier molecular flexibility index (Phi) is 8.32. The summed E-state index contributed by atoms with van der Waals surface area (Å²) in [4.78, 5) is 12.3. The molecule has 0 saturated carbocycles. The van der Waals surface area contributed by atoms with E-state index in [-0.39, 0.29) is 24.8 Å². The van der Waals surface area contributed by atoms with Gasteiger partial charge in [0.25, 0.3) is 0 Å². The monoisotopic (exact) mass is 380 g/mol. The van der Waals surface area contributed by atoms with E-state index in [1.165, 1.54) is 0 Å². The smallest absolute Gasteiger partial charge is 0.306 e. The number of halogens is 1. The highest BCUT2D eigenvalue weighted by Crippen LogP contribution is 2.41. The zero-order chi connectivity index (χ0) is 16.6. The maximum Gasteiger partial charge on any atom is 0.306 e. The number of alkyl halides is 1. The van der Waals surface area contributed by atoms with Gasteiger partial charge in [-0.1, -0.05) is 43.1 Å². The van der Waals surface area contributed by atoms with Crippen molar-refractivity contribution < 1.29 is 23.7 Å². The summed E-state index contributed by atoms with van der Waals surface area (Å²) in [5.74, 6) is -0.219. The van der Waals surface area contributed by atoms with Crippen molar-refractivity contribution in [1.82, 2.24) is 0 Å². The normalized spacial score (nSPS) is 26.0. The molecule has 22 heavy (non-hydrogen) atoms. The molecule has 0 radical (unpaired) electrons. The lowest BCUT2D eigenvalue weighted by molar-refractivity contribution is -0.346. The first-order chi connectivity index (χ1) is 10.4. The molecule has 0 aliphatic carbocycles. The van der Waals surface area contributed by atoms with Crippen LogP contribution in [0.3, 0.4) is 0 Å². The molecule has 2 atom stereocenters. The molecule has 0 amide bonds. The summed E-state index contributed by atoms with van der Waals surface area (Å²) in [6, 6.07) is 0. The van der Waals surface area contributed by atoms with Crippen molar-refractivity contribution >= 4 is 21.9 Å². The zero-order valence-electron chi connectivity index (χ0n) is 14.2. The zero-order valence-corrected chi connectivity index (χ0v) is 15.7. The second kappa shape index (κ2) is 9.21. The average molecular weight is 381 g/mol. The Balaban J connectivity index is 2.76. The van der Waals surface area contributed by atoms with Crippen LogP contribution in [0.15, 0.2) is 0 Å². The molecule has 130 valence electrons. The molecule has 1 fully saturated rings.